The van der Waals surface area contributed by atoms with Gasteiger partial charge in [-0.05, 0) is 36.8 Å². The van der Waals surface area contributed by atoms with E-state index in [1.807, 2.05) is 6.07 Å². The normalized spacial score (nSPS) is 19.4. The molecule has 0 aromatic carbocycles. The third kappa shape index (κ3) is 3.60. The molecular formula is C20H20ClN7O2. The van der Waals surface area contributed by atoms with Crippen LogP contribution in [0.2, 0.25) is 5.15 Å². The van der Waals surface area contributed by atoms with Gasteiger partial charge in [-0.2, -0.15) is 0 Å². The Morgan fingerprint density at radius 2 is 2.07 bits per heavy atom. The Hall–Kier alpha value is -3.07. The number of pyridine rings is 1. The van der Waals surface area contributed by atoms with Crippen LogP contribution in [0, 0.1) is 11.8 Å². The maximum Gasteiger partial charge on any atom is 0.439 e. The van der Waals surface area contributed by atoms with Gasteiger partial charge >= 0.3 is 5.76 Å². The average molecular weight is 426 g/mol. The number of imidazole rings is 1. The number of nitrogens with zero attached hydrogens (tertiary/aromatic N) is 6. The first kappa shape index (κ1) is 18.9. The average Bonchev–Trinajstić information content (AvgIpc) is 3.35. The lowest BCUT2D eigenvalue weighted by atomic mass is 9.83. The highest BCUT2D eigenvalue weighted by molar-refractivity contribution is 6.29. The molecule has 4 heterocycles. The summed E-state index contributed by atoms with van der Waals surface area (Å²) in [5, 5.41) is 4.08. The molecule has 1 aliphatic carbocycles. The number of aromatic amines is 1. The van der Waals surface area contributed by atoms with E-state index < -0.39 is 5.76 Å². The van der Waals surface area contributed by atoms with Gasteiger partial charge in [0.15, 0.2) is 5.65 Å². The van der Waals surface area contributed by atoms with Crippen LogP contribution in [-0.4, -0.2) is 34.6 Å². The zero-order chi connectivity index (χ0) is 20.7. The van der Waals surface area contributed by atoms with Crippen LogP contribution in [0.3, 0.4) is 0 Å². The number of hydrogen-bond donors (Lipinski definition) is 1. The Bertz CT molecular complexity index is 1250. The molecule has 0 bridgehead atoms. The quantitative estimate of drug-likeness (QED) is 0.495. The van der Waals surface area contributed by atoms with E-state index in [0.717, 1.165) is 23.5 Å². The standard InChI is InChI=1S/C20H20ClN7O2/c1-11-2-4-12(5-3-11)9-28-10-23-17-16(28)15(13-6-7-22-14(21)8-13)24-18(25-17)19-26-20(29)30-27-19/h6-8,10-12H,2-5,9H2,1H3,(H,26,27,29)/t11-,12-. The molecule has 10 heteroatoms. The molecule has 0 unspecified atom stereocenters. The Kier molecular flexibility index (Phi) is 4.82. The number of hydrogen-bond acceptors (Lipinski definition) is 7. The summed E-state index contributed by atoms with van der Waals surface area (Å²) in [5.41, 5.74) is 2.79. The fourth-order valence-electron chi connectivity index (χ4n) is 4.09. The first-order valence-corrected chi connectivity index (χ1v) is 10.4. The molecule has 30 heavy (non-hydrogen) atoms. The summed E-state index contributed by atoms with van der Waals surface area (Å²) in [7, 11) is 0. The minimum absolute atomic E-state index is 0.152. The molecule has 0 aliphatic heterocycles. The van der Waals surface area contributed by atoms with Gasteiger partial charge in [-0.25, -0.2) is 24.7 Å². The number of nitrogens with one attached hydrogen (secondary N) is 1. The van der Waals surface area contributed by atoms with Crippen LogP contribution in [0.4, 0.5) is 0 Å². The molecule has 0 atom stereocenters. The van der Waals surface area contributed by atoms with Gasteiger partial charge in [-0.1, -0.05) is 36.5 Å². The van der Waals surface area contributed by atoms with Gasteiger partial charge in [0.1, 0.15) is 16.4 Å². The number of aromatic nitrogens is 7. The van der Waals surface area contributed by atoms with Crippen molar-refractivity contribution >= 4 is 22.8 Å². The van der Waals surface area contributed by atoms with E-state index in [0.29, 0.717) is 22.4 Å². The first-order valence-electron chi connectivity index (χ1n) is 9.98. The highest BCUT2D eigenvalue weighted by Gasteiger charge is 2.22. The zero-order valence-electron chi connectivity index (χ0n) is 16.4. The summed E-state index contributed by atoms with van der Waals surface area (Å²) < 4.78 is 6.73. The molecule has 154 valence electrons. The SMILES string of the molecule is C[C@H]1CC[C@H](Cn2cnc3nc(-c4noc(=O)[nH]4)nc(-c4ccnc(Cl)c4)c32)CC1. The third-order valence-corrected chi connectivity index (χ3v) is 5.92. The molecule has 4 aromatic rings. The number of rotatable bonds is 4. The summed E-state index contributed by atoms with van der Waals surface area (Å²) in [5.74, 6) is 1.11. The Labute approximate surface area is 176 Å². The maximum absolute atomic E-state index is 11.4. The predicted octanol–water partition coefficient (Wildman–Crippen LogP) is 3.71. The third-order valence-electron chi connectivity index (χ3n) is 5.71. The lowest BCUT2D eigenvalue weighted by molar-refractivity contribution is 0.266. The van der Waals surface area contributed by atoms with Crippen molar-refractivity contribution in [1.82, 2.24) is 34.6 Å². The Balaban J connectivity index is 1.64. The Morgan fingerprint density at radius 3 is 2.80 bits per heavy atom. The van der Waals surface area contributed by atoms with Crippen LogP contribution in [0.15, 0.2) is 34.0 Å². The predicted molar refractivity (Wildman–Crippen MR) is 111 cm³/mol. The fraction of sp³-hybridized carbons (Fsp3) is 0.400. The van der Waals surface area contributed by atoms with Crippen molar-refractivity contribution in [2.75, 3.05) is 0 Å². The van der Waals surface area contributed by atoms with Crippen molar-refractivity contribution in [3.05, 3.63) is 40.4 Å². The Morgan fingerprint density at radius 1 is 1.23 bits per heavy atom. The second kappa shape index (κ2) is 7.64. The molecule has 0 spiro atoms. The second-order valence-corrected chi connectivity index (χ2v) is 8.29. The van der Waals surface area contributed by atoms with Crippen LogP contribution in [0.25, 0.3) is 34.1 Å². The molecular weight excluding hydrogens is 406 g/mol. The van der Waals surface area contributed by atoms with Gasteiger partial charge in [0, 0.05) is 18.3 Å². The van der Waals surface area contributed by atoms with Gasteiger partial charge in [0.2, 0.25) is 11.6 Å². The minimum atomic E-state index is -0.667. The van der Waals surface area contributed by atoms with E-state index >= 15 is 0 Å². The minimum Gasteiger partial charge on any atom is -0.327 e. The zero-order valence-corrected chi connectivity index (χ0v) is 17.1. The lowest BCUT2D eigenvalue weighted by Gasteiger charge is -2.26. The van der Waals surface area contributed by atoms with E-state index in [4.69, 9.17) is 11.6 Å². The van der Waals surface area contributed by atoms with Crippen LogP contribution in [-0.2, 0) is 6.54 Å². The summed E-state index contributed by atoms with van der Waals surface area (Å²) >= 11 is 6.14. The lowest BCUT2D eigenvalue weighted by Crippen LogP contribution is -2.17. The molecule has 1 saturated carbocycles. The van der Waals surface area contributed by atoms with Crippen molar-refractivity contribution in [3.8, 4) is 22.9 Å². The van der Waals surface area contributed by atoms with Crippen molar-refractivity contribution < 1.29 is 4.52 Å². The smallest absolute Gasteiger partial charge is 0.327 e. The van der Waals surface area contributed by atoms with Gasteiger partial charge < -0.3 is 4.57 Å². The molecule has 1 fully saturated rings. The van der Waals surface area contributed by atoms with Gasteiger partial charge in [-0.3, -0.25) is 9.51 Å². The first-order chi connectivity index (χ1) is 14.6. The van der Waals surface area contributed by atoms with E-state index in [1.165, 1.54) is 25.7 Å². The highest BCUT2D eigenvalue weighted by atomic mass is 35.5. The molecule has 9 nitrogen and oxygen atoms in total. The maximum atomic E-state index is 11.4. The van der Waals surface area contributed by atoms with E-state index in [-0.39, 0.29) is 11.6 Å². The van der Waals surface area contributed by atoms with Crippen molar-refractivity contribution in [2.45, 2.75) is 39.2 Å². The van der Waals surface area contributed by atoms with Crippen LogP contribution < -0.4 is 5.76 Å². The fourth-order valence-corrected chi connectivity index (χ4v) is 4.26. The van der Waals surface area contributed by atoms with E-state index in [1.54, 1.807) is 18.6 Å². The van der Waals surface area contributed by atoms with Crippen molar-refractivity contribution in [1.29, 1.82) is 0 Å². The largest absolute Gasteiger partial charge is 0.439 e. The topological polar surface area (TPSA) is 115 Å². The van der Waals surface area contributed by atoms with Crippen molar-refractivity contribution in [2.24, 2.45) is 11.8 Å². The van der Waals surface area contributed by atoms with E-state index in [2.05, 4.69) is 46.1 Å². The summed E-state index contributed by atoms with van der Waals surface area (Å²) in [6.45, 7) is 3.18. The van der Waals surface area contributed by atoms with Crippen LogP contribution in [0.5, 0.6) is 0 Å². The molecule has 4 aromatic heterocycles. The number of H-pyrrole nitrogens is 1. The van der Waals surface area contributed by atoms with Gasteiger partial charge in [-0.15, -0.1) is 0 Å². The van der Waals surface area contributed by atoms with Crippen LogP contribution in [0.1, 0.15) is 32.6 Å². The molecule has 1 N–H and O–H groups in total. The molecule has 0 saturated heterocycles. The summed E-state index contributed by atoms with van der Waals surface area (Å²) in [4.78, 5) is 31.7. The van der Waals surface area contributed by atoms with Crippen LogP contribution >= 0.6 is 11.6 Å². The van der Waals surface area contributed by atoms with Gasteiger partial charge in [0.25, 0.3) is 0 Å². The molecule has 5 rings (SSSR count). The van der Waals surface area contributed by atoms with E-state index in [9.17, 15) is 4.79 Å². The molecule has 0 radical (unpaired) electrons. The molecule has 1 aliphatic rings. The summed E-state index contributed by atoms with van der Waals surface area (Å²) in [6.07, 6.45) is 8.35. The second-order valence-electron chi connectivity index (χ2n) is 7.90. The number of halogens is 1. The summed E-state index contributed by atoms with van der Waals surface area (Å²) in [6, 6.07) is 3.58. The number of fused-ring (bicyclic) bond motifs is 1. The molecule has 0 amide bonds. The van der Waals surface area contributed by atoms with Crippen molar-refractivity contribution in [3.63, 3.8) is 0 Å². The van der Waals surface area contributed by atoms with Gasteiger partial charge in [0.05, 0.1) is 6.33 Å². The monoisotopic (exact) mass is 425 g/mol. The highest BCUT2D eigenvalue weighted by Crippen LogP contribution is 2.33.